The second-order valence-corrected chi connectivity index (χ2v) is 5.90. The molecule has 0 aliphatic rings. The van der Waals surface area contributed by atoms with Gasteiger partial charge in [0.1, 0.15) is 0 Å². The molecular formula is C21H19N. The van der Waals surface area contributed by atoms with E-state index in [-0.39, 0.29) is 0 Å². The van der Waals surface area contributed by atoms with Crippen LogP contribution in [0.5, 0.6) is 0 Å². The van der Waals surface area contributed by atoms with E-state index in [1.54, 1.807) is 0 Å². The van der Waals surface area contributed by atoms with Gasteiger partial charge in [0.2, 0.25) is 0 Å². The van der Waals surface area contributed by atoms with Crippen LogP contribution in [0.3, 0.4) is 0 Å². The highest BCUT2D eigenvalue weighted by Crippen LogP contribution is 2.33. The molecule has 3 aromatic carbocycles. The van der Waals surface area contributed by atoms with Crippen LogP contribution < -0.4 is 0 Å². The zero-order valence-corrected chi connectivity index (χ0v) is 13.0. The van der Waals surface area contributed by atoms with E-state index in [1.807, 2.05) is 0 Å². The number of fused-ring (bicyclic) bond motifs is 3. The molecule has 0 aliphatic carbocycles. The Morgan fingerprint density at radius 3 is 2.36 bits per heavy atom. The first-order valence-corrected chi connectivity index (χ1v) is 7.87. The van der Waals surface area contributed by atoms with E-state index in [1.165, 1.54) is 38.6 Å². The molecule has 0 N–H and O–H groups in total. The molecule has 1 nitrogen and oxygen atoms in total. The maximum absolute atomic E-state index is 2.37. The molecule has 1 heterocycles. The van der Waals surface area contributed by atoms with Gasteiger partial charge in [-0.15, -0.1) is 0 Å². The highest BCUT2D eigenvalue weighted by Gasteiger charge is 2.12. The van der Waals surface area contributed by atoms with Crippen LogP contribution in [-0.4, -0.2) is 4.57 Å². The summed E-state index contributed by atoms with van der Waals surface area (Å²) in [7, 11) is 0. The van der Waals surface area contributed by atoms with Crippen molar-refractivity contribution in [2.45, 2.75) is 20.3 Å². The molecule has 0 spiro atoms. The van der Waals surface area contributed by atoms with E-state index in [9.17, 15) is 0 Å². The molecule has 4 aromatic rings. The largest absolute Gasteiger partial charge is 0.309 e. The van der Waals surface area contributed by atoms with E-state index in [0.717, 1.165) is 6.42 Å². The van der Waals surface area contributed by atoms with Crippen molar-refractivity contribution in [3.8, 4) is 5.69 Å². The minimum absolute atomic E-state index is 1.07. The third-order valence-electron chi connectivity index (χ3n) is 4.41. The topological polar surface area (TPSA) is 4.93 Å². The number of para-hydroxylation sites is 1. The van der Waals surface area contributed by atoms with Gasteiger partial charge >= 0.3 is 0 Å². The number of nitrogens with zero attached hydrogens (tertiary/aromatic N) is 1. The fourth-order valence-electron chi connectivity index (χ4n) is 3.25. The van der Waals surface area contributed by atoms with Crippen molar-refractivity contribution in [3.05, 3.63) is 77.9 Å². The van der Waals surface area contributed by atoms with Gasteiger partial charge in [-0.25, -0.2) is 0 Å². The Morgan fingerprint density at radius 2 is 1.59 bits per heavy atom. The van der Waals surface area contributed by atoms with E-state index in [4.69, 9.17) is 0 Å². The first-order valence-electron chi connectivity index (χ1n) is 7.87. The quantitative estimate of drug-likeness (QED) is 0.448. The van der Waals surface area contributed by atoms with Crippen LogP contribution in [0.25, 0.3) is 27.5 Å². The van der Waals surface area contributed by atoms with Gasteiger partial charge in [-0.2, -0.15) is 0 Å². The summed E-state index contributed by atoms with van der Waals surface area (Å²) in [6.07, 6.45) is 1.07. The Hall–Kier alpha value is -2.54. The highest BCUT2D eigenvalue weighted by molar-refractivity contribution is 6.09. The Labute approximate surface area is 130 Å². The van der Waals surface area contributed by atoms with Crippen LogP contribution in [0, 0.1) is 6.92 Å². The summed E-state index contributed by atoms with van der Waals surface area (Å²) >= 11 is 0. The maximum atomic E-state index is 2.37. The molecule has 0 saturated carbocycles. The fraction of sp³-hybridized carbons (Fsp3) is 0.143. The van der Waals surface area contributed by atoms with Gasteiger partial charge in [0, 0.05) is 16.5 Å². The van der Waals surface area contributed by atoms with Crippen LogP contribution in [0.2, 0.25) is 0 Å². The van der Waals surface area contributed by atoms with Gasteiger partial charge in [0.05, 0.1) is 11.0 Å². The van der Waals surface area contributed by atoms with Crippen LogP contribution in [0.1, 0.15) is 18.1 Å². The fourth-order valence-corrected chi connectivity index (χ4v) is 3.25. The number of hydrogen-bond donors (Lipinski definition) is 0. The Kier molecular flexibility index (Phi) is 3.00. The second-order valence-electron chi connectivity index (χ2n) is 5.90. The molecule has 0 radical (unpaired) electrons. The molecule has 0 amide bonds. The van der Waals surface area contributed by atoms with Crippen molar-refractivity contribution in [2.24, 2.45) is 0 Å². The summed E-state index contributed by atoms with van der Waals surface area (Å²) < 4.78 is 2.37. The summed E-state index contributed by atoms with van der Waals surface area (Å²) in [5.41, 5.74) is 6.47. The first kappa shape index (κ1) is 13.1. The van der Waals surface area contributed by atoms with Crippen LogP contribution in [-0.2, 0) is 6.42 Å². The van der Waals surface area contributed by atoms with E-state index >= 15 is 0 Å². The van der Waals surface area contributed by atoms with Gasteiger partial charge in [0.25, 0.3) is 0 Å². The number of hydrogen-bond acceptors (Lipinski definition) is 0. The molecule has 1 heteroatoms. The minimum atomic E-state index is 1.07. The lowest BCUT2D eigenvalue weighted by molar-refractivity contribution is 1.14. The minimum Gasteiger partial charge on any atom is -0.309 e. The van der Waals surface area contributed by atoms with Gasteiger partial charge in [-0.1, -0.05) is 43.3 Å². The SMILES string of the molecule is CCc1ccc2c(c1)c1ccc(C)cc1n2-c1ccccc1. The third kappa shape index (κ3) is 1.93. The standard InChI is InChI=1S/C21H19N/c1-3-16-10-12-20-19(14-16)18-11-9-15(2)13-21(18)22(20)17-7-5-4-6-8-17/h4-14H,3H2,1-2H3. The molecule has 22 heavy (non-hydrogen) atoms. The van der Waals surface area contributed by atoms with Crippen molar-refractivity contribution in [2.75, 3.05) is 0 Å². The molecule has 0 saturated heterocycles. The van der Waals surface area contributed by atoms with E-state index < -0.39 is 0 Å². The number of aryl methyl sites for hydroxylation is 2. The average Bonchev–Trinajstić information content (AvgIpc) is 2.88. The zero-order valence-electron chi connectivity index (χ0n) is 13.0. The molecule has 0 unspecified atom stereocenters. The molecule has 0 atom stereocenters. The van der Waals surface area contributed by atoms with Crippen molar-refractivity contribution in [1.82, 2.24) is 4.57 Å². The van der Waals surface area contributed by atoms with Crippen molar-refractivity contribution < 1.29 is 0 Å². The summed E-state index contributed by atoms with van der Waals surface area (Å²) in [4.78, 5) is 0. The maximum Gasteiger partial charge on any atom is 0.0543 e. The van der Waals surface area contributed by atoms with Crippen molar-refractivity contribution >= 4 is 21.8 Å². The molecule has 0 aliphatic heterocycles. The normalized spacial score (nSPS) is 11.4. The molecule has 0 fully saturated rings. The predicted molar refractivity (Wildman–Crippen MR) is 94.9 cm³/mol. The molecule has 108 valence electrons. The van der Waals surface area contributed by atoms with Crippen molar-refractivity contribution in [1.29, 1.82) is 0 Å². The lowest BCUT2D eigenvalue weighted by atomic mass is 10.1. The summed E-state index contributed by atoms with van der Waals surface area (Å²) in [6.45, 7) is 4.37. The van der Waals surface area contributed by atoms with Crippen LogP contribution in [0.15, 0.2) is 66.7 Å². The lowest BCUT2D eigenvalue weighted by Gasteiger charge is -2.08. The Morgan fingerprint density at radius 1 is 0.773 bits per heavy atom. The first-order chi connectivity index (χ1) is 10.8. The molecular weight excluding hydrogens is 266 g/mol. The molecule has 4 rings (SSSR count). The Bertz CT molecular complexity index is 961. The molecule has 1 aromatic heterocycles. The Balaban J connectivity index is 2.18. The lowest BCUT2D eigenvalue weighted by Crippen LogP contribution is -1.93. The second kappa shape index (κ2) is 5.03. The zero-order chi connectivity index (χ0) is 15.1. The highest BCUT2D eigenvalue weighted by atomic mass is 15.0. The van der Waals surface area contributed by atoms with Crippen molar-refractivity contribution in [3.63, 3.8) is 0 Å². The smallest absolute Gasteiger partial charge is 0.0543 e. The summed E-state index contributed by atoms with van der Waals surface area (Å²) in [6, 6.07) is 24.2. The van der Waals surface area contributed by atoms with Crippen LogP contribution in [0.4, 0.5) is 0 Å². The van der Waals surface area contributed by atoms with E-state index in [0.29, 0.717) is 0 Å². The van der Waals surface area contributed by atoms with Gasteiger partial charge in [-0.3, -0.25) is 0 Å². The van der Waals surface area contributed by atoms with Gasteiger partial charge in [0.15, 0.2) is 0 Å². The van der Waals surface area contributed by atoms with Crippen LogP contribution >= 0.6 is 0 Å². The number of rotatable bonds is 2. The third-order valence-corrected chi connectivity index (χ3v) is 4.41. The summed E-state index contributed by atoms with van der Waals surface area (Å²) in [5, 5.41) is 2.68. The summed E-state index contributed by atoms with van der Waals surface area (Å²) in [5.74, 6) is 0. The monoisotopic (exact) mass is 285 g/mol. The van der Waals surface area contributed by atoms with Gasteiger partial charge < -0.3 is 4.57 Å². The number of aromatic nitrogens is 1. The molecule has 0 bridgehead atoms. The van der Waals surface area contributed by atoms with Gasteiger partial charge in [-0.05, 0) is 54.8 Å². The average molecular weight is 285 g/mol. The van der Waals surface area contributed by atoms with E-state index in [2.05, 4.69) is 85.1 Å². The predicted octanol–water partition coefficient (Wildman–Crippen LogP) is 5.65. The number of benzene rings is 3.